The van der Waals surface area contributed by atoms with Crippen molar-refractivity contribution in [3.05, 3.63) is 29.6 Å². The third-order valence-electron chi connectivity index (χ3n) is 4.75. The van der Waals surface area contributed by atoms with Crippen molar-refractivity contribution in [1.82, 2.24) is 9.80 Å². The molecule has 1 aromatic rings. The van der Waals surface area contributed by atoms with Gasteiger partial charge in [0.05, 0.1) is 43.5 Å². The van der Waals surface area contributed by atoms with Crippen LogP contribution in [0.25, 0.3) is 0 Å². The molecule has 29 heavy (non-hydrogen) atoms. The van der Waals surface area contributed by atoms with Crippen molar-refractivity contribution in [3.8, 4) is 11.8 Å². The minimum atomic E-state index is -0.521. The van der Waals surface area contributed by atoms with Gasteiger partial charge in [-0.1, -0.05) is 0 Å². The largest absolute Gasteiger partial charge is 0.490 e. The molecule has 0 saturated carbocycles. The number of amides is 1. The summed E-state index contributed by atoms with van der Waals surface area (Å²) in [6, 6.07) is 6.10. The molecule has 2 aliphatic heterocycles. The van der Waals surface area contributed by atoms with Crippen LogP contribution in [0.3, 0.4) is 0 Å². The number of rotatable bonds is 5. The number of carbonyl (C=O) groups excluding carboxylic acids is 1. The van der Waals surface area contributed by atoms with E-state index in [-0.39, 0.29) is 29.6 Å². The Morgan fingerprint density at radius 2 is 1.97 bits per heavy atom. The molecule has 0 spiro atoms. The van der Waals surface area contributed by atoms with Gasteiger partial charge in [-0.3, -0.25) is 4.90 Å². The normalized spacial score (nSPS) is 22.1. The third kappa shape index (κ3) is 6.05. The average molecular weight is 405 g/mol. The van der Waals surface area contributed by atoms with Gasteiger partial charge in [0.1, 0.15) is 5.60 Å². The van der Waals surface area contributed by atoms with Crippen molar-refractivity contribution in [2.24, 2.45) is 0 Å². The smallest absolute Gasteiger partial charge is 0.410 e. The van der Waals surface area contributed by atoms with Crippen molar-refractivity contribution >= 4 is 6.09 Å². The second-order valence-corrected chi connectivity index (χ2v) is 8.48. The summed E-state index contributed by atoms with van der Waals surface area (Å²) in [6.07, 6.45) is 0.384. The fourth-order valence-corrected chi connectivity index (χ4v) is 3.59. The van der Waals surface area contributed by atoms with Crippen molar-refractivity contribution in [3.63, 3.8) is 0 Å². The standard InChI is InChI=1S/C21H28FN3O4/c1-21(2,3)29-20(26)25-13-16-11-24(12-17(14-25)28-16)7-4-8-27-19-6-5-15(10-23)9-18(19)22/h5-6,9,16-17H,4,7-8,11-14H2,1-3H3. The van der Waals surface area contributed by atoms with Gasteiger partial charge in [0.2, 0.25) is 0 Å². The Balaban J connectivity index is 1.41. The van der Waals surface area contributed by atoms with E-state index in [0.717, 1.165) is 26.1 Å². The Labute approximate surface area is 170 Å². The number of halogens is 1. The van der Waals surface area contributed by atoms with Crippen LogP contribution in [0.4, 0.5) is 9.18 Å². The lowest BCUT2D eigenvalue weighted by molar-refractivity contribution is -0.136. The lowest BCUT2D eigenvalue weighted by Crippen LogP contribution is -2.61. The first-order valence-electron chi connectivity index (χ1n) is 9.91. The Morgan fingerprint density at radius 3 is 2.55 bits per heavy atom. The van der Waals surface area contributed by atoms with Gasteiger partial charge < -0.3 is 19.1 Å². The second kappa shape index (κ2) is 8.97. The summed E-state index contributed by atoms with van der Waals surface area (Å²) in [5.74, 6) is -0.358. The van der Waals surface area contributed by atoms with Crippen LogP contribution in [0, 0.1) is 17.1 Å². The summed E-state index contributed by atoms with van der Waals surface area (Å²) >= 11 is 0. The molecule has 0 N–H and O–H groups in total. The zero-order valence-corrected chi connectivity index (χ0v) is 17.2. The highest BCUT2D eigenvalue weighted by Crippen LogP contribution is 2.22. The van der Waals surface area contributed by atoms with Crippen molar-refractivity contribution in [2.45, 2.75) is 45.0 Å². The highest BCUT2D eigenvalue weighted by molar-refractivity contribution is 5.68. The van der Waals surface area contributed by atoms with Crippen LogP contribution in [-0.4, -0.2) is 73.0 Å². The fourth-order valence-electron chi connectivity index (χ4n) is 3.59. The molecule has 2 heterocycles. The molecule has 2 unspecified atom stereocenters. The molecule has 1 amide bonds. The lowest BCUT2D eigenvalue weighted by Gasteiger charge is -2.45. The summed E-state index contributed by atoms with van der Waals surface area (Å²) < 4.78 is 30.8. The summed E-state index contributed by atoms with van der Waals surface area (Å²) in [4.78, 5) is 16.3. The summed E-state index contributed by atoms with van der Waals surface area (Å²) in [7, 11) is 0. The lowest BCUT2D eigenvalue weighted by atomic mass is 10.1. The van der Waals surface area contributed by atoms with E-state index in [9.17, 15) is 9.18 Å². The molecule has 0 aromatic heterocycles. The number of morpholine rings is 2. The Morgan fingerprint density at radius 1 is 1.28 bits per heavy atom. The van der Waals surface area contributed by atoms with Gasteiger partial charge in [-0.15, -0.1) is 0 Å². The van der Waals surface area contributed by atoms with E-state index >= 15 is 0 Å². The van der Waals surface area contributed by atoms with Crippen LogP contribution in [0.5, 0.6) is 5.75 Å². The van der Waals surface area contributed by atoms with E-state index in [2.05, 4.69) is 4.90 Å². The summed E-state index contributed by atoms with van der Waals surface area (Å²) in [5.41, 5.74) is -0.236. The molecule has 158 valence electrons. The maximum atomic E-state index is 13.8. The number of benzene rings is 1. The molecule has 2 aliphatic rings. The molecule has 2 saturated heterocycles. The number of nitriles is 1. The van der Waals surface area contributed by atoms with E-state index in [1.165, 1.54) is 18.2 Å². The van der Waals surface area contributed by atoms with Crippen molar-refractivity contribution in [1.29, 1.82) is 5.26 Å². The van der Waals surface area contributed by atoms with E-state index < -0.39 is 11.4 Å². The van der Waals surface area contributed by atoms with Gasteiger partial charge >= 0.3 is 6.09 Å². The molecule has 2 fully saturated rings. The zero-order chi connectivity index (χ0) is 21.0. The molecule has 2 atom stereocenters. The quantitative estimate of drug-likeness (QED) is 0.702. The van der Waals surface area contributed by atoms with E-state index in [1.807, 2.05) is 26.8 Å². The number of hydrogen-bond acceptors (Lipinski definition) is 6. The first-order chi connectivity index (χ1) is 13.7. The van der Waals surface area contributed by atoms with Gasteiger partial charge in [0.15, 0.2) is 11.6 Å². The van der Waals surface area contributed by atoms with Crippen LogP contribution in [-0.2, 0) is 9.47 Å². The van der Waals surface area contributed by atoms with E-state index in [0.29, 0.717) is 19.7 Å². The van der Waals surface area contributed by atoms with Gasteiger partial charge in [-0.05, 0) is 45.4 Å². The number of fused-ring (bicyclic) bond motifs is 2. The molecular formula is C21H28FN3O4. The van der Waals surface area contributed by atoms with E-state index in [1.54, 1.807) is 4.90 Å². The molecule has 1 aromatic carbocycles. The maximum Gasteiger partial charge on any atom is 0.410 e. The van der Waals surface area contributed by atoms with Crippen molar-refractivity contribution < 1.29 is 23.4 Å². The van der Waals surface area contributed by atoms with Crippen LogP contribution >= 0.6 is 0 Å². The molecule has 0 aliphatic carbocycles. The second-order valence-electron chi connectivity index (χ2n) is 8.48. The molecule has 0 radical (unpaired) electrons. The van der Waals surface area contributed by atoms with Gasteiger partial charge in [-0.25, -0.2) is 9.18 Å². The van der Waals surface area contributed by atoms with Crippen LogP contribution in [0.2, 0.25) is 0 Å². The third-order valence-corrected chi connectivity index (χ3v) is 4.75. The molecule has 8 heteroatoms. The topological polar surface area (TPSA) is 75.0 Å². The van der Waals surface area contributed by atoms with E-state index in [4.69, 9.17) is 19.5 Å². The number of hydrogen-bond donors (Lipinski definition) is 0. The first kappa shape index (κ1) is 21.3. The highest BCUT2D eigenvalue weighted by Gasteiger charge is 2.37. The predicted molar refractivity (Wildman–Crippen MR) is 104 cm³/mol. The molecule has 2 bridgehead atoms. The molecule has 7 nitrogen and oxygen atoms in total. The monoisotopic (exact) mass is 405 g/mol. The van der Waals surface area contributed by atoms with Gasteiger partial charge in [-0.2, -0.15) is 5.26 Å². The molecule has 3 rings (SSSR count). The Kier molecular flexibility index (Phi) is 6.60. The summed E-state index contributed by atoms with van der Waals surface area (Å²) in [6.45, 7) is 9.30. The predicted octanol–water partition coefficient (Wildman–Crippen LogP) is 2.79. The Hall–Kier alpha value is -2.37. The molecular weight excluding hydrogens is 377 g/mol. The minimum Gasteiger partial charge on any atom is -0.490 e. The number of ether oxygens (including phenoxy) is 3. The van der Waals surface area contributed by atoms with Crippen LogP contribution < -0.4 is 4.74 Å². The Bertz CT molecular complexity index is 760. The fraction of sp³-hybridized carbons (Fsp3) is 0.619. The number of carbonyl (C=O) groups is 1. The van der Waals surface area contributed by atoms with Crippen LogP contribution in [0.1, 0.15) is 32.8 Å². The zero-order valence-electron chi connectivity index (χ0n) is 17.2. The van der Waals surface area contributed by atoms with Crippen LogP contribution in [0.15, 0.2) is 18.2 Å². The number of nitrogens with zero attached hydrogens (tertiary/aromatic N) is 3. The minimum absolute atomic E-state index is 0.0353. The maximum absolute atomic E-state index is 13.8. The van der Waals surface area contributed by atoms with Gasteiger partial charge in [0.25, 0.3) is 0 Å². The first-order valence-corrected chi connectivity index (χ1v) is 9.91. The van der Waals surface area contributed by atoms with Gasteiger partial charge in [0, 0.05) is 19.6 Å². The SMILES string of the molecule is CC(C)(C)OC(=O)N1CC2CN(CCCOc3ccc(C#N)cc3F)CC(C1)O2. The summed E-state index contributed by atoms with van der Waals surface area (Å²) in [5, 5.41) is 8.77. The highest BCUT2D eigenvalue weighted by atomic mass is 19.1. The average Bonchev–Trinajstić information content (AvgIpc) is 2.64. The van der Waals surface area contributed by atoms with Crippen molar-refractivity contribution in [2.75, 3.05) is 39.3 Å².